The lowest BCUT2D eigenvalue weighted by Crippen LogP contribution is -2.40. The maximum atomic E-state index is 10.4. The molecule has 0 heterocycles. The normalized spacial score (nSPS) is 15.3. The molecule has 0 fully saturated rings. The van der Waals surface area contributed by atoms with Crippen molar-refractivity contribution in [3.05, 3.63) is 12.3 Å². The first-order chi connectivity index (χ1) is 4.98. The van der Waals surface area contributed by atoms with Crippen LogP contribution in [0.4, 0.5) is 0 Å². The second-order valence-electron chi connectivity index (χ2n) is 2.99. The highest BCUT2D eigenvalue weighted by molar-refractivity contribution is 7.79. The summed E-state index contributed by atoms with van der Waals surface area (Å²) in [7, 11) is 0. The zero-order valence-electron chi connectivity index (χ0n) is 7.13. The molecule has 3 nitrogen and oxygen atoms in total. The van der Waals surface area contributed by atoms with Gasteiger partial charge in [0.2, 0.25) is 0 Å². The molecule has 0 aliphatic rings. The van der Waals surface area contributed by atoms with Crippen LogP contribution in [-0.2, 0) is 11.1 Å². The van der Waals surface area contributed by atoms with Gasteiger partial charge in [-0.2, -0.15) is 0 Å². The van der Waals surface area contributed by atoms with Gasteiger partial charge in [0.1, 0.15) is 0 Å². The summed E-state index contributed by atoms with van der Waals surface area (Å²) >= 11 is -1.73. The van der Waals surface area contributed by atoms with Gasteiger partial charge >= 0.3 is 0 Å². The third-order valence-electron chi connectivity index (χ3n) is 1.13. The Labute approximate surface area is 70.2 Å². The number of nitrogens with one attached hydrogen (secondary N) is 1. The number of hydrogen-bond donors (Lipinski definition) is 2. The SMILES string of the molecule is CC=CNC(C)(C)CS(=O)O. The van der Waals surface area contributed by atoms with E-state index in [1.165, 1.54) is 0 Å². The average molecular weight is 177 g/mol. The zero-order chi connectivity index (χ0) is 8.91. The van der Waals surface area contributed by atoms with Gasteiger partial charge in [-0.15, -0.1) is 0 Å². The quantitative estimate of drug-likeness (QED) is 0.632. The third-order valence-corrected chi connectivity index (χ3v) is 2.09. The standard InChI is InChI=1S/C7H15NO2S/c1-4-5-8-7(2,3)6-11(9)10/h4-5,8H,6H2,1-3H3,(H,9,10). The van der Waals surface area contributed by atoms with Crippen molar-refractivity contribution in [1.82, 2.24) is 5.32 Å². The number of allylic oxidation sites excluding steroid dienone is 1. The molecule has 0 spiro atoms. The Kier molecular flexibility index (Phi) is 4.37. The van der Waals surface area contributed by atoms with E-state index in [9.17, 15) is 4.21 Å². The van der Waals surface area contributed by atoms with Gasteiger partial charge in [0.15, 0.2) is 11.1 Å². The van der Waals surface area contributed by atoms with E-state index in [1.807, 2.05) is 26.8 Å². The van der Waals surface area contributed by atoms with Crippen LogP contribution in [0.1, 0.15) is 20.8 Å². The number of hydrogen-bond acceptors (Lipinski definition) is 2. The smallest absolute Gasteiger partial charge is 0.155 e. The van der Waals surface area contributed by atoms with Crippen LogP contribution in [0.15, 0.2) is 12.3 Å². The highest BCUT2D eigenvalue weighted by atomic mass is 32.2. The van der Waals surface area contributed by atoms with Gasteiger partial charge in [0, 0.05) is 5.54 Å². The lowest BCUT2D eigenvalue weighted by atomic mass is 10.1. The minimum Gasteiger partial charge on any atom is -0.385 e. The maximum absolute atomic E-state index is 10.4. The summed E-state index contributed by atoms with van der Waals surface area (Å²) < 4.78 is 19.0. The molecular formula is C7H15NO2S. The molecule has 0 amide bonds. The van der Waals surface area contributed by atoms with E-state index in [0.29, 0.717) is 0 Å². The van der Waals surface area contributed by atoms with Crippen LogP contribution >= 0.6 is 0 Å². The molecule has 66 valence electrons. The van der Waals surface area contributed by atoms with E-state index < -0.39 is 11.1 Å². The van der Waals surface area contributed by atoms with E-state index in [2.05, 4.69) is 5.32 Å². The molecule has 0 aromatic heterocycles. The minimum atomic E-state index is -1.73. The van der Waals surface area contributed by atoms with E-state index in [4.69, 9.17) is 4.55 Å². The molecule has 1 atom stereocenters. The van der Waals surface area contributed by atoms with Gasteiger partial charge in [-0.05, 0) is 27.0 Å². The topological polar surface area (TPSA) is 49.3 Å². The van der Waals surface area contributed by atoms with Crippen molar-refractivity contribution in [3.8, 4) is 0 Å². The molecule has 0 aliphatic carbocycles. The van der Waals surface area contributed by atoms with Crippen LogP contribution in [0.5, 0.6) is 0 Å². The average Bonchev–Trinajstić information content (AvgIpc) is 1.81. The van der Waals surface area contributed by atoms with Crippen molar-refractivity contribution in [2.75, 3.05) is 5.75 Å². The summed E-state index contributed by atoms with van der Waals surface area (Å²) in [6.45, 7) is 5.64. The van der Waals surface area contributed by atoms with E-state index in [1.54, 1.807) is 6.20 Å². The summed E-state index contributed by atoms with van der Waals surface area (Å²) in [5.74, 6) is 0.233. The van der Waals surface area contributed by atoms with Crippen molar-refractivity contribution >= 4 is 11.1 Å². The predicted octanol–water partition coefficient (Wildman–Crippen LogP) is 1.11. The molecule has 0 bridgehead atoms. The first-order valence-electron chi connectivity index (χ1n) is 3.44. The van der Waals surface area contributed by atoms with E-state index >= 15 is 0 Å². The Hall–Kier alpha value is -0.350. The first kappa shape index (κ1) is 10.7. The van der Waals surface area contributed by atoms with Gasteiger partial charge < -0.3 is 9.87 Å². The zero-order valence-corrected chi connectivity index (χ0v) is 7.94. The van der Waals surface area contributed by atoms with Crippen LogP contribution in [0.25, 0.3) is 0 Å². The summed E-state index contributed by atoms with van der Waals surface area (Å²) in [5, 5.41) is 3.01. The van der Waals surface area contributed by atoms with Crippen molar-refractivity contribution in [1.29, 1.82) is 0 Å². The predicted molar refractivity (Wildman–Crippen MR) is 47.7 cm³/mol. The Morgan fingerprint density at radius 3 is 2.55 bits per heavy atom. The monoisotopic (exact) mass is 177 g/mol. The molecule has 0 rings (SSSR count). The van der Waals surface area contributed by atoms with Crippen LogP contribution in [0, 0.1) is 0 Å². The molecule has 11 heavy (non-hydrogen) atoms. The molecule has 0 aliphatic heterocycles. The Morgan fingerprint density at radius 2 is 2.18 bits per heavy atom. The van der Waals surface area contributed by atoms with Gasteiger partial charge in [0.05, 0.1) is 5.75 Å². The summed E-state index contributed by atoms with van der Waals surface area (Å²) in [6, 6.07) is 0. The van der Waals surface area contributed by atoms with E-state index in [0.717, 1.165) is 0 Å². The van der Waals surface area contributed by atoms with Crippen LogP contribution in [0.2, 0.25) is 0 Å². The molecule has 0 aromatic carbocycles. The summed E-state index contributed by atoms with van der Waals surface area (Å²) in [5.41, 5.74) is -0.313. The van der Waals surface area contributed by atoms with Gasteiger partial charge in [-0.25, -0.2) is 4.21 Å². The molecule has 2 N–H and O–H groups in total. The number of rotatable bonds is 4. The molecule has 0 radical (unpaired) electrons. The van der Waals surface area contributed by atoms with Gasteiger partial charge in [-0.3, -0.25) is 0 Å². The highest BCUT2D eigenvalue weighted by Crippen LogP contribution is 2.02. The van der Waals surface area contributed by atoms with Gasteiger partial charge in [0.25, 0.3) is 0 Å². The van der Waals surface area contributed by atoms with Crippen LogP contribution in [-0.4, -0.2) is 20.1 Å². The Bertz CT molecular complexity index is 166. The molecule has 0 saturated heterocycles. The van der Waals surface area contributed by atoms with Crippen molar-refractivity contribution in [2.24, 2.45) is 0 Å². The van der Waals surface area contributed by atoms with Crippen molar-refractivity contribution < 1.29 is 8.76 Å². The first-order valence-corrected chi connectivity index (χ1v) is 4.72. The second kappa shape index (κ2) is 4.51. The molecule has 0 saturated carbocycles. The molecule has 1 unspecified atom stereocenters. The third kappa shape index (κ3) is 6.06. The minimum absolute atomic E-state index is 0.233. The fourth-order valence-electron chi connectivity index (χ4n) is 0.659. The fraction of sp³-hybridized carbons (Fsp3) is 0.714. The van der Waals surface area contributed by atoms with Crippen molar-refractivity contribution in [3.63, 3.8) is 0 Å². The largest absolute Gasteiger partial charge is 0.385 e. The molecule has 0 aromatic rings. The van der Waals surface area contributed by atoms with Crippen LogP contribution in [0.3, 0.4) is 0 Å². The van der Waals surface area contributed by atoms with Crippen molar-refractivity contribution in [2.45, 2.75) is 26.3 Å². The highest BCUT2D eigenvalue weighted by Gasteiger charge is 2.17. The Morgan fingerprint density at radius 1 is 1.64 bits per heavy atom. The van der Waals surface area contributed by atoms with E-state index in [-0.39, 0.29) is 11.3 Å². The molecular weight excluding hydrogens is 162 g/mol. The Balaban J connectivity index is 3.89. The summed E-state index contributed by atoms with van der Waals surface area (Å²) in [6.07, 6.45) is 3.62. The van der Waals surface area contributed by atoms with Gasteiger partial charge in [-0.1, -0.05) is 6.08 Å². The lowest BCUT2D eigenvalue weighted by Gasteiger charge is -2.22. The van der Waals surface area contributed by atoms with Crippen LogP contribution < -0.4 is 5.32 Å². The lowest BCUT2D eigenvalue weighted by molar-refractivity contribution is 0.473. The second-order valence-corrected chi connectivity index (χ2v) is 3.93. The maximum Gasteiger partial charge on any atom is 0.155 e. The fourth-order valence-corrected chi connectivity index (χ4v) is 1.36. The summed E-state index contributed by atoms with van der Waals surface area (Å²) in [4.78, 5) is 0. The molecule has 4 heteroatoms.